The van der Waals surface area contributed by atoms with Crippen molar-refractivity contribution in [3.05, 3.63) is 71.8 Å². The van der Waals surface area contributed by atoms with Gasteiger partial charge >= 0.3 is 0 Å². The molecule has 2 heterocycles. The van der Waals surface area contributed by atoms with Crippen LogP contribution in [-0.2, 0) is 36.7 Å². The number of hydrogen-bond donors (Lipinski definition) is 3. The zero-order chi connectivity index (χ0) is 27.0. The second-order valence-electron chi connectivity index (χ2n) is 10.2. The highest BCUT2D eigenvalue weighted by atomic mass is 16.6. The molecule has 0 spiro atoms. The Hall–Kier alpha value is -3.11. The number of ether oxygens (including phenoxy) is 2. The molecule has 2 aliphatic heterocycles. The van der Waals surface area contributed by atoms with Gasteiger partial charge in [0, 0.05) is 26.2 Å². The third kappa shape index (κ3) is 7.94. The standard InChI is InChI=1S/C29H38N4O5/c1-21(30-20-33-13-15-37-16-14-33)27(35)32-25(18-23-11-7-4-8-12-23)28(36)31-24(26(34)29(2)19-38-29)17-22-9-5-3-6-10-22/h3-12,21,24-25,30H,13-20H2,1-2H3,(H,31,36)(H,32,35)/t21-,24-,25-,29+/m0/s1. The van der Waals surface area contributed by atoms with Crippen LogP contribution in [0, 0.1) is 0 Å². The minimum absolute atomic E-state index is 0.167. The van der Waals surface area contributed by atoms with Crippen LogP contribution in [0.4, 0.5) is 0 Å². The Morgan fingerprint density at radius 1 is 0.868 bits per heavy atom. The molecule has 2 amide bonds. The summed E-state index contributed by atoms with van der Waals surface area (Å²) in [6.07, 6.45) is 0.641. The lowest BCUT2D eigenvalue weighted by Crippen LogP contribution is -2.57. The predicted octanol–water partition coefficient (Wildman–Crippen LogP) is 1.07. The molecule has 2 fully saturated rings. The van der Waals surface area contributed by atoms with E-state index in [4.69, 9.17) is 9.47 Å². The van der Waals surface area contributed by atoms with Crippen LogP contribution in [0.3, 0.4) is 0 Å². The number of Topliss-reactive ketones (excluding diaryl/α,β-unsaturated/α-hetero) is 1. The highest BCUT2D eigenvalue weighted by molar-refractivity contribution is 5.98. The molecular formula is C29H38N4O5. The number of carbonyl (C=O) groups excluding carboxylic acids is 3. The number of nitrogens with zero attached hydrogens (tertiary/aromatic N) is 1. The van der Waals surface area contributed by atoms with Gasteiger partial charge < -0.3 is 20.1 Å². The van der Waals surface area contributed by atoms with Crippen molar-refractivity contribution < 1.29 is 23.9 Å². The Balaban J connectivity index is 1.44. The van der Waals surface area contributed by atoms with Gasteiger partial charge in [-0.3, -0.25) is 24.6 Å². The van der Waals surface area contributed by atoms with Crippen molar-refractivity contribution in [3.8, 4) is 0 Å². The first-order valence-electron chi connectivity index (χ1n) is 13.2. The number of morpholine rings is 1. The molecule has 4 rings (SSSR count). The van der Waals surface area contributed by atoms with Crippen LogP contribution in [0.15, 0.2) is 60.7 Å². The molecule has 0 aliphatic carbocycles. The maximum absolute atomic E-state index is 13.6. The summed E-state index contributed by atoms with van der Waals surface area (Å²) in [4.78, 5) is 42.2. The predicted molar refractivity (Wildman–Crippen MR) is 143 cm³/mol. The lowest BCUT2D eigenvalue weighted by Gasteiger charge is -2.29. The molecule has 2 aromatic rings. The van der Waals surface area contributed by atoms with E-state index in [-0.39, 0.29) is 11.7 Å². The number of rotatable bonds is 13. The minimum Gasteiger partial charge on any atom is -0.379 e. The van der Waals surface area contributed by atoms with Gasteiger partial charge in [0.05, 0.1) is 31.9 Å². The van der Waals surface area contributed by atoms with E-state index in [9.17, 15) is 14.4 Å². The fourth-order valence-corrected chi connectivity index (χ4v) is 4.42. The van der Waals surface area contributed by atoms with Crippen molar-refractivity contribution >= 4 is 17.6 Å². The topological polar surface area (TPSA) is 112 Å². The number of benzene rings is 2. The molecule has 0 bridgehead atoms. The first kappa shape index (κ1) is 27.9. The molecule has 9 heteroatoms. The van der Waals surface area contributed by atoms with Crippen LogP contribution in [0.25, 0.3) is 0 Å². The van der Waals surface area contributed by atoms with Gasteiger partial charge in [-0.2, -0.15) is 0 Å². The fraction of sp³-hybridized carbons (Fsp3) is 0.483. The zero-order valence-corrected chi connectivity index (χ0v) is 22.2. The Morgan fingerprint density at radius 2 is 1.39 bits per heavy atom. The van der Waals surface area contributed by atoms with Gasteiger partial charge in [-0.15, -0.1) is 0 Å². The van der Waals surface area contributed by atoms with E-state index in [0.29, 0.717) is 39.3 Å². The van der Waals surface area contributed by atoms with E-state index in [1.54, 1.807) is 13.8 Å². The van der Waals surface area contributed by atoms with Crippen molar-refractivity contribution in [3.63, 3.8) is 0 Å². The molecule has 0 radical (unpaired) electrons. The smallest absolute Gasteiger partial charge is 0.243 e. The van der Waals surface area contributed by atoms with Crippen LogP contribution in [-0.4, -0.2) is 85.8 Å². The average molecular weight is 523 g/mol. The summed E-state index contributed by atoms with van der Waals surface area (Å²) < 4.78 is 10.8. The van der Waals surface area contributed by atoms with Crippen LogP contribution < -0.4 is 16.0 Å². The lowest BCUT2D eigenvalue weighted by atomic mass is 9.94. The second kappa shape index (κ2) is 13.1. The van der Waals surface area contributed by atoms with Gasteiger partial charge in [0.1, 0.15) is 11.6 Å². The lowest BCUT2D eigenvalue weighted by molar-refractivity contribution is -0.133. The fourth-order valence-electron chi connectivity index (χ4n) is 4.42. The second-order valence-corrected chi connectivity index (χ2v) is 10.2. The van der Waals surface area contributed by atoms with E-state index in [2.05, 4.69) is 20.9 Å². The van der Waals surface area contributed by atoms with E-state index in [0.717, 1.165) is 24.2 Å². The van der Waals surface area contributed by atoms with Crippen LogP contribution in [0.5, 0.6) is 0 Å². The van der Waals surface area contributed by atoms with Crippen molar-refractivity contribution in [2.75, 3.05) is 39.6 Å². The van der Waals surface area contributed by atoms with Crippen molar-refractivity contribution in [1.29, 1.82) is 0 Å². The zero-order valence-electron chi connectivity index (χ0n) is 22.2. The molecule has 4 atom stereocenters. The summed E-state index contributed by atoms with van der Waals surface area (Å²) in [7, 11) is 0. The Bertz CT molecular complexity index is 1070. The summed E-state index contributed by atoms with van der Waals surface area (Å²) in [5, 5.41) is 9.09. The maximum atomic E-state index is 13.6. The number of epoxide rings is 1. The molecule has 38 heavy (non-hydrogen) atoms. The molecule has 2 saturated heterocycles. The molecule has 204 valence electrons. The molecule has 0 unspecified atom stereocenters. The summed E-state index contributed by atoms with van der Waals surface area (Å²) in [6.45, 7) is 7.37. The Kier molecular flexibility index (Phi) is 9.63. The molecule has 2 aromatic carbocycles. The molecule has 9 nitrogen and oxygen atoms in total. The third-order valence-electron chi connectivity index (χ3n) is 7.05. The van der Waals surface area contributed by atoms with Crippen molar-refractivity contribution in [2.24, 2.45) is 0 Å². The minimum atomic E-state index is -0.886. The largest absolute Gasteiger partial charge is 0.379 e. The summed E-state index contributed by atoms with van der Waals surface area (Å²) in [5.41, 5.74) is 0.952. The molecule has 0 saturated carbocycles. The average Bonchev–Trinajstić information content (AvgIpc) is 3.70. The summed E-state index contributed by atoms with van der Waals surface area (Å²) >= 11 is 0. The van der Waals surface area contributed by atoms with E-state index in [1.165, 1.54) is 0 Å². The molecule has 2 aliphatic rings. The molecular weight excluding hydrogens is 484 g/mol. The molecule has 0 aromatic heterocycles. The van der Waals surface area contributed by atoms with E-state index < -0.39 is 29.6 Å². The van der Waals surface area contributed by atoms with Crippen LogP contribution in [0.1, 0.15) is 25.0 Å². The summed E-state index contributed by atoms with van der Waals surface area (Å²) in [5.74, 6) is -0.848. The monoisotopic (exact) mass is 522 g/mol. The first-order chi connectivity index (χ1) is 18.3. The van der Waals surface area contributed by atoms with Crippen molar-refractivity contribution in [1.82, 2.24) is 20.9 Å². The Labute approximate surface area is 224 Å². The van der Waals surface area contributed by atoms with Crippen molar-refractivity contribution in [2.45, 2.75) is 50.4 Å². The number of nitrogens with one attached hydrogen (secondary N) is 3. The third-order valence-corrected chi connectivity index (χ3v) is 7.05. The van der Waals surface area contributed by atoms with Gasteiger partial charge in [-0.1, -0.05) is 60.7 Å². The maximum Gasteiger partial charge on any atom is 0.243 e. The van der Waals surface area contributed by atoms with Crippen LogP contribution in [0.2, 0.25) is 0 Å². The quantitative estimate of drug-likeness (QED) is 0.338. The molecule has 3 N–H and O–H groups in total. The number of hydrogen-bond acceptors (Lipinski definition) is 7. The van der Waals surface area contributed by atoms with Crippen LogP contribution >= 0.6 is 0 Å². The van der Waals surface area contributed by atoms with Gasteiger partial charge in [0.15, 0.2) is 5.78 Å². The van der Waals surface area contributed by atoms with Gasteiger partial charge in [-0.25, -0.2) is 0 Å². The number of ketones is 1. The number of amides is 2. The highest BCUT2D eigenvalue weighted by Gasteiger charge is 2.50. The highest BCUT2D eigenvalue weighted by Crippen LogP contribution is 2.29. The van der Waals surface area contributed by atoms with E-state index in [1.807, 2.05) is 60.7 Å². The number of carbonyl (C=O) groups is 3. The Morgan fingerprint density at radius 3 is 1.95 bits per heavy atom. The van der Waals surface area contributed by atoms with Gasteiger partial charge in [-0.05, 0) is 31.4 Å². The van der Waals surface area contributed by atoms with E-state index >= 15 is 0 Å². The summed E-state index contributed by atoms with van der Waals surface area (Å²) in [6, 6.07) is 16.9. The normalized spacial score (nSPS) is 21.6. The van der Waals surface area contributed by atoms with Gasteiger partial charge in [0.2, 0.25) is 11.8 Å². The van der Waals surface area contributed by atoms with Gasteiger partial charge in [0.25, 0.3) is 0 Å². The SMILES string of the molecule is C[C@H](NCN1CCOCC1)C(=O)N[C@@H](Cc1ccccc1)C(=O)N[C@@H](Cc1ccccc1)C(=O)[C@@]1(C)CO1. The first-order valence-corrected chi connectivity index (χ1v) is 13.2.